The second-order valence-electron chi connectivity index (χ2n) is 10.6. The fourth-order valence-electron chi connectivity index (χ4n) is 3.75. The first-order valence-corrected chi connectivity index (χ1v) is 16.9. The number of nitrogens with zero attached hydrogens (tertiary/aromatic N) is 2. The van der Waals surface area contributed by atoms with E-state index in [9.17, 15) is 13.9 Å². The van der Waals surface area contributed by atoms with Crippen LogP contribution in [0.5, 0.6) is 11.5 Å². The number of benzene rings is 1. The third-order valence-electron chi connectivity index (χ3n) is 5.93. The van der Waals surface area contributed by atoms with Gasteiger partial charge in [0, 0.05) is 57.5 Å². The molecule has 1 unspecified atom stereocenters. The van der Waals surface area contributed by atoms with E-state index in [0.29, 0.717) is 29.1 Å². The van der Waals surface area contributed by atoms with E-state index >= 15 is 0 Å². The molecule has 2 heterocycles. The van der Waals surface area contributed by atoms with Crippen LogP contribution in [-0.4, -0.2) is 47.1 Å². The standard InChI is InChI=1S/C26H35ClF2N4O3SSi/c1-16(2)21(7-9-34)32-26(37)31-17-12-19(28)24(20(29)13-17)36-22-6-8-30-25-23(22)18(27)14-33(25)15-35-10-11-38(3,4)5/h6,8,12-14,16,21,34H,7,9-11,15H2,1-5H3,(H2,31,32,37). The molecule has 0 saturated carbocycles. The number of aliphatic hydroxyl groups is 1. The third kappa shape index (κ3) is 8.09. The summed E-state index contributed by atoms with van der Waals surface area (Å²) in [6.07, 6.45) is 3.64. The number of halogens is 3. The lowest BCUT2D eigenvalue weighted by atomic mass is 10.0. The van der Waals surface area contributed by atoms with Crippen LogP contribution in [0.25, 0.3) is 11.0 Å². The van der Waals surface area contributed by atoms with Gasteiger partial charge in [-0.05, 0) is 36.7 Å². The monoisotopic (exact) mass is 584 g/mol. The molecule has 0 bridgehead atoms. The number of thiocarbonyl (C=S) groups is 1. The van der Waals surface area contributed by atoms with Crippen molar-refractivity contribution in [1.82, 2.24) is 14.9 Å². The van der Waals surface area contributed by atoms with Crippen LogP contribution in [0.1, 0.15) is 20.3 Å². The van der Waals surface area contributed by atoms with Crippen molar-refractivity contribution in [3.05, 3.63) is 47.2 Å². The maximum atomic E-state index is 15.0. The maximum Gasteiger partial charge on any atom is 0.198 e. The number of rotatable bonds is 12. The highest BCUT2D eigenvalue weighted by Crippen LogP contribution is 2.37. The van der Waals surface area contributed by atoms with E-state index in [4.69, 9.17) is 33.3 Å². The molecule has 1 atom stereocenters. The maximum absolute atomic E-state index is 15.0. The van der Waals surface area contributed by atoms with Gasteiger partial charge in [0.25, 0.3) is 0 Å². The minimum Gasteiger partial charge on any atom is -0.450 e. The minimum atomic E-state index is -1.23. The lowest BCUT2D eigenvalue weighted by Gasteiger charge is -2.23. The number of anilines is 1. The molecule has 38 heavy (non-hydrogen) atoms. The first-order chi connectivity index (χ1) is 17.9. The Kier molecular flexibility index (Phi) is 10.5. The molecule has 208 valence electrons. The zero-order chi connectivity index (χ0) is 28.0. The van der Waals surface area contributed by atoms with Crippen molar-refractivity contribution >= 4 is 53.7 Å². The highest BCUT2D eigenvalue weighted by atomic mass is 35.5. The first-order valence-electron chi connectivity index (χ1n) is 12.5. The van der Waals surface area contributed by atoms with Gasteiger partial charge in [-0.15, -0.1) is 0 Å². The number of hydrogen-bond acceptors (Lipinski definition) is 5. The number of fused-ring (bicyclic) bond motifs is 1. The van der Waals surface area contributed by atoms with Gasteiger partial charge < -0.3 is 29.8 Å². The average Bonchev–Trinajstić information content (AvgIpc) is 3.14. The molecule has 0 amide bonds. The molecule has 0 radical (unpaired) electrons. The number of aliphatic hydroxyl groups excluding tert-OH is 1. The summed E-state index contributed by atoms with van der Waals surface area (Å²) in [6.45, 7) is 11.7. The predicted molar refractivity (Wildman–Crippen MR) is 155 cm³/mol. The van der Waals surface area contributed by atoms with Crippen LogP contribution in [0.2, 0.25) is 30.7 Å². The topological polar surface area (TPSA) is 80.6 Å². The molecule has 0 aliphatic rings. The van der Waals surface area contributed by atoms with E-state index in [1.165, 1.54) is 12.3 Å². The molecule has 0 aliphatic heterocycles. The molecule has 3 N–H and O–H groups in total. The van der Waals surface area contributed by atoms with Crippen LogP contribution in [0.15, 0.2) is 30.6 Å². The zero-order valence-electron chi connectivity index (χ0n) is 22.3. The lowest BCUT2D eigenvalue weighted by molar-refractivity contribution is 0.0899. The summed E-state index contributed by atoms with van der Waals surface area (Å²) in [5, 5.41) is 16.0. The van der Waals surface area contributed by atoms with Gasteiger partial charge in [-0.2, -0.15) is 0 Å². The van der Waals surface area contributed by atoms with E-state index in [1.807, 2.05) is 13.8 Å². The van der Waals surface area contributed by atoms with Crippen molar-refractivity contribution in [1.29, 1.82) is 0 Å². The SMILES string of the molecule is CC(C)C(CCO)NC(=S)Nc1cc(F)c(Oc2ccnc3c2c(Cl)cn3COCC[Si](C)(C)C)c(F)c1. The first kappa shape index (κ1) is 30.2. The van der Waals surface area contributed by atoms with Gasteiger partial charge >= 0.3 is 0 Å². The molecule has 0 aliphatic carbocycles. The predicted octanol–water partition coefficient (Wildman–Crippen LogP) is 6.77. The molecule has 7 nitrogen and oxygen atoms in total. The third-order valence-corrected chi connectivity index (χ3v) is 8.14. The lowest BCUT2D eigenvalue weighted by Crippen LogP contribution is -2.41. The van der Waals surface area contributed by atoms with E-state index < -0.39 is 25.5 Å². The molecule has 3 aromatic rings. The number of nitrogens with one attached hydrogen (secondary N) is 2. The second-order valence-corrected chi connectivity index (χ2v) is 17.1. The highest BCUT2D eigenvalue weighted by Gasteiger charge is 2.20. The number of aromatic nitrogens is 2. The molecule has 0 saturated heterocycles. The minimum absolute atomic E-state index is 0.00491. The van der Waals surface area contributed by atoms with Gasteiger partial charge in [0.05, 0.1) is 10.4 Å². The fourth-order valence-corrected chi connectivity index (χ4v) is 5.07. The van der Waals surface area contributed by atoms with Crippen LogP contribution in [0, 0.1) is 17.6 Å². The van der Waals surface area contributed by atoms with Crippen LogP contribution < -0.4 is 15.4 Å². The summed E-state index contributed by atoms with van der Waals surface area (Å²) in [4.78, 5) is 4.37. The van der Waals surface area contributed by atoms with E-state index in [-0.39, 0.29) is 41.8 Å². The van der Waals surface area contributed by atoms with Crippen molar-refractivity contribution in [2.75, 3.05) is 18.5 Å². The number of hydrogen-bond donors (Lipinski definition) is 3. The Morgan fingerprint density at radius 3 is 2.53 bits per heavy atom. The number of pyridine rings is 1. The molecule has 0 fully saturated rings. The van der Waals surface area contributed by atoms with Crippen LogP contribution >= 0.6 is 23.8 Å². The Balaban J connectivity index is 1.76. The van der Waals surface area contributed by atoms with Gasteiger partial charge in [0.2, 0.25) is 0 Å². The molecule has 0 spiro atoms. The van der Waals surface area contributed by atoms with Crippen molar-refractivity contribution < 1.29 is 23.4 Å². The molecular weight excluding hydrogens is 550 g/mol. The summed E-state index contributed by atoms with van der Waals surface area (Å²) in [6, 6.07) is 4.63. The normalized spacial score (nSPS) is 12.7. The Labute approximate surface area is 233 Å². The average molecular weight is 585 g/mol. The summed E-state index contributed by atoms with van der Waals surface area (Å²) >= 11 is 11.7. The summed E-state index contributed by atoms with van der Waals surface area (Å²) < 4.78 is 43.2. The fraction of sp³-hybridized carbons (Fsp3) is 0.462. The van der Waals surface area contributed by atoms with Crippen molar-refractivity contribution in [2.45, 2.75) is 58.7 Å². The molecule has 2 aromatic heterocycles. The Bertz CT molecular complexity index is 1250. The molecule has 1 aromatic carbocycles. The second kappa shape index (κ2) is 13.2. The van der Waals surface area contributed by atoms with Gasteiger partial charge in [0.1, 0.15) is 18.1 Å². The summed E-state index contributed by atoms with van der Waals surface area (Å²) in [5.41, 5.74) is 0.606. The van der Waals surface area contributed by atoms with E-state index in [2.05, 4.69) is 35.3 Å². The Morgan fingerprint density at radius 2 is 1.92 bits per heavy atom. The summed E-state index contributed by atoms with van der Waals surface area (Å²) in [7, 11) is -1.23. The quantitative estimate of drug-likeness (QED) is 0.123. The van der Waals surface area contributed by atoms with E-state index in [0.717, 1.165) is 18.2 Å². The molecular formula is C26H35ClF2N4O3SSi. The molecule has 3 rings (SSSR count). The Hall–Kier alpha value is -2.31. The van der Waals surface area contributed by atoms with Gasteiger partial charge in [-0.1, -0.05) is 45.1 Å². The van der Waals surface area contributed by atoms with Crippen molar-refractivity contribution in [2.24, 2.45) is 5.92 Å². The van der Waals surface area contributed by atoms with Gasteiger partial charge in [0.15, 0.2) is 22.5 Å². The summed E-state index contributed by atoms with van der Waals surface area (Å²) in [5.74, 6) is -2.04. The largest absolute Gasteiger partial charge is 0.450 e. The Morgan fingerprint density at radius 1 is 1.24 bits per heavy atom. The smallest absolute Gasteiger partial charge is 0.198 e. The number of ether oxygens (including phenoxy) is 2. The van der Waals surface area contributed by atoms with Crippen LogP contribution in [-0.2, 0) is 11.5 Å². The highest BCUT2D eigenvalue weighted by molar-refractivity contribution is 7.80. The van der Waals surface area contributed by atoms with Crippen LogP contribution in [0.3, 0.4) is 0 Å². The van der Waals surface area contributed by atoms with Gasteiger partial charge in [-0.25, -0.2) is 13.8 Å². The van der Waals surface area contributed by atoms with Crippen molar-refractivity contribution in [3.63, 3.8) is 0 Å². The van der Waals surface area contributed by atoms with Gasteiger partial charge in [-0.3, -0.25) is 0 Å². The van der Waals surface area contributed by atoms with Crippen LogP contribution in [0.4, 0.5) is 14.5 Å². The molecule has 12 heteroatoms. The zero-order valence-corrected chi connectivity index (χ0v) is 24.8. The van der Waals surface area contributed by atoms with E-state index in [1.54, 1.807) is 10.8 Å². The van der Waals surface area contributed by atoms with Crippen molar-refractivity contribution in [3.8, 4) is 11.5 Å².